The summed E-state index contributed by atoms with van der Waals surface area (Å²) in [6, 6.07) is -0.552. The molecule has 94 valence electrons. The van der Waals surface area contributed by atoms with Crippen LogP contribution < -0.4 is 5.73 Å². The van der Waals surface area contributed by atoms with Gasteiger partial charge in [-0.05, 0) is 31.1 Å². The maximum Gasteiger partial charge on any atom is 0.248 e. The average Bonchev–Trinajstić information content (AvgIpc) is 2.15. The Bertz CT molecular complexity index is 266. The van der Waals surface area contributed by atoms with Crippen LogP contribution in [0.2, 0.25) is 0 Å². The van der Waals surface area contributed by atoms with Gasteiger partial charge in [-0.1, -0.05) is 13.8 Å². The number of rotatable bonds is 3. The number of halogens is 2. The number of ketones is 1. The summed E-state index contributed by atoms with van der Waals surface area (Å²) in [5.41, 5.74) is 5.47. The molecule has 4 heteroatoms. The van der Waals surface area contributed by atoms with E-state index in [-0.39, 0.29) is 30.0 Å². The Morgan fingerprint density at radius 3 is 2.19 bits per heavy atom. The van der Waals surface area contributed by atoms with E-state index >= 15 is 0 Å². The van der Waals surface area contributed by atoms with Gasteiger partial charge in [0, 0.05) is 12.8 Å². The van der Waals surface area contributed by atoms with E-state index in [9.17, 15) is 13.6 Å². The fourth-order valence-electron chi connectivity index (χ4n) is 2.56. The van der Waals surface area contributed by atoms with Crippen LogP contribution in [-0.2, 0) is 4.79 Å². The molecule has 1 aliphatic carbocycles. The highest BCUT2D eigenvalue weighted by Gasteiger charge is 2.43. The number of hydrogen-bond acceptors (Lipinski definition) is 2. The van der Waals surface area contributed by atoms with E-state index in [1.54, 1.807) is 0 Å². The van der Waals surface area contributed by atoms with Crippen LogP contribution in [0.4, 0.5) is 8.78 Å². The van der Waals surface area contributed by atoms with Crippen molar-refractivity contribution in [1.29, 1.82) is 0 Å². The normalized spacial score (nSPS) is 24.1. The van der Waals surface area contributed by atoms with Crippen molar-refractivity contribution >= 4 is 5.78 Å². The van der Waals surface area contributed by atoms with E-state index in [0.29, 0.717) is 12.8 Å². The molecule has 1 atom stereocenters. The molecule has 2 nitrogen and oxygen atoms in total. The highest BCUT2D eigenvalue weighted by atomic mass is 19.3. The van der Waals surface area contributed by atoms with Gasteiger partial charge in [0.05, 0.1) is 6.04 Å². The Morgan fingerprint density at radius 2 is 1.81 bits per heavy atom. The molecule has 0 aliphatic heterocycles. The summed E-state index contributed by atoms with van der Waals surface area (Å²) in [7, 11) is 0. The first-order valence-electron chi connectivity index (χ1n) is 5.81. The van der Waals surface area contributed by atoms with Gasteiger partial charge in [0.15, 0.2) is 0 Å². The van der Waals surface area contributed by atoms with Crippen molar-refractivity contribution in [3.63, 3.8) is 0 Å². The van der Waals surface area contributed by atoms with Gasteiger partial charge < -0.3 is 5.73 Å². The third kappa shape index (κ3) is 2.78. The minimum absolute atomic E-state index is 0.0673. The summed E-state index contributed by atoms with van der Waals surface area (Å²) in [6.07, 6.45) is 0.763. The first kappa shape index (κ1) is 13.6. The fourth-order valence-corrected chi connectivity index (χ4v) is 2.56. The van der Waals surface area contributed by atoms with Gasteiger partial charge in [-0.25, -0.2) is 8.78 Å². The molecule has 1 aliphatic rings. The quantitative estimate of drug-likeness (QED) is 0.814. The molecule has 0 heterocycles. The van der Waals surface area contributed by atoms with Crippen LogP contribution in [0.25, 0.3) is 0 Å². The Hall–Kier alpha value is -0.510. The second-order valence-corrected chi connectivity index (χ2v) is 5.54. The number of nitrogens with two attached hydrogens (primary N) is 1. The standard InChI is InChI=1S/C12H21F2NO/c1-8(16)10(15)11(2,3)9-4-6-12(13,14)7-5-9/h9-10H,4-7,15H2,1-3H3. The van der Waals surface area contributed by atoms with Crippen LogP contribution in [0.1, 0.15) is 46.5 Å². The second-order valence-electron chi connectivity index (χ2n) is 5.54. The molecule has 1 rings (SSSR count). The molecule has 16 heavy (non-hydrogen) atoms. The second kappa shape index (κ2) is 4.40. The Labute approximate surface area is 95.6 Å². The van der Waals surface area contributed by atoms with E-state index in [2.05, 4.69) is 0 Å². The van der Waals surface area contributed by atoms with Crippen LogP contribution in [0.15, 0.2) is 0 Å². The van der Waals surface area contributed by atoms with Crippen LogP contribution in [0.3, 0.4) is 0 Å². The van der Waals surface area contributed by atoms with Crippen molar-refractivity contribution in [3.05, 3.63) is 0 Å². The summed E-state index contributed by atoms with van der Waals surface area (Å²) in [6.45, 7) is 5.28. The molecule has 0 spiro atoms. The summed E-state index contributed by atoms with van der Waals surface area (Å²) < 4.78 is 26.1. The van der Waals surface area contributed by atoms with Crippen LogP contribution in [-0.4, -0.2) is 17.7 Å². The molecule has 1 fully saturated rings. The van der Waals surface area contributed by atoms with Crippen molar-refractivity contribution in [2.75, 3.05) is 0 Å². The smallest absolute Gasteiger partial charge is 0.248 e. The molecular weight excluding hydrogens is 212 g/mol. The topological polar surface area (TPSA) is 43.1 Å². The minimum atomic E-state index is -2.52. The van der Waals surface area contributed by atoms with Gasteiger partial charge in [-0.2, -0.15) is 0 Å². The van der Waals surface area contributed by atoms with Crippen LogP contribution >= 0.6 is 0 Å². The zero-order chi connectivity index (χ0) is 12.6. The number of hydrogen-bond donors (Lipinski definition) is 1. The maximum absolute atomic E-state index is 13.0. The van der Waals surface area contributed by atoms with E-state index < -0.39 is 12.0 Å². The molecule has 0 saturated heterocycles. The summed E-state index contributed by atoms with van der Waals surface area (Å²) >= 11 is 0. The molecular formula is C12H21F2NO. The van der Waals surface area contributed by atoms with Crippen LogP contribution in [0.5, 0.6) is 0 Å². The molecule has 0 radical (unpaired) electrons. The number of Topliss-reactive ketones (excluding diaryl/α,β-unsaturated/α-hetero) is 1. The van der Waals surface area contributed by atoms with E-state index in [1.807, 2.05) is 13.8 Å². The Kier molecular flexibility index (Phi) is 3.72. The van der Waals surface area contributed by atoms with Crippen molar-refractivity contribution in [3.8, 4) is 0 Å². The van der Waals surface area contributed by atoms with Gasteiger partial charge in [0.1, 0.15) is 5.78 Å². The predicted molar refractivity (Wildman–Crippen MR) is 59.3 cm³/mol. The highest BCUT2D eigenvalue weighted by molar-refractivity contribution is 5.82. The largest absolute Gasteiger partial charge is 0.321 e. The van der Waals surface area contributed by atoms with Crippen molar-refractivity contribution in [1.82, 2.24) is 0 Å². The zero-order valence-electron chi connectivity index (χ0n) is 10.2. The monoisotopic (exact) mass is 233 g/mol. The van der Waals surface area contributed by atoms with E-state index in [1.165, 1.54) is 6.92 Å². The number of alkyl halides is 2. The molecule has 2 N–H and O–H groups in total. The van der Waals surface area contributed by atoms with Gasteiger partial charge in [0.2, 0.25) is 5.92 Å². The van der Waals surface area contributed by atoms with Gasteiger partial charge in [-0.3, -0.25) is 4.79 Å². The van der Waals surface area contributed by atoms with Crippen molar-refractivity contribution in [2.45, 2.75) is 58.4 Å². The predicted octanol–water partition coefficient (Wildman–Crippen LogP) is 2.75. The average molecular weight is 233 g/mol. The first-order valence-corrected chi connectivity index (χ1v) is 5.81. The third-order valence-corrected chi connectivity index (χ3v) is 4.01. The van der Waals surface area contributed by atoms with Gasteiger partial charge in [0.25, 0.3) is 0 Å². The highest BCUT2D eigenvalue weighted by Crippen LogP contribution is 2.45. The fraction of sp³-hybridized carbons (Fsp3) is 0.917. The summed E-state index contributed by atoms with van der Waals surface area (Å²) in [4.78, 5) is 11.3. The van der Waals surface area contributed by atoms with Crippen LogP contribution in [0, 0.1) is 11.3 Å². The minimum Gasteiger partial charge on any atom is -0.321 e. The molecule has 0 aromatic rings. The van der Waals surface area contributed by atoms with E-state index in [4.69, 9.17) is 5.73 Å². The number of carbonyl (C=O) groups is 1. The molecule has 0 amide bonds. The molecule has 0 bridgehead atoms. The number of carbonyl (C=O) groups excluding carboxylic acids is 1. The van der Waals surface area contributed by atoms with Gasteiger partial charge in [-0.15, -0.1) is 0 Å². The zero-order valence-corrected chi connectivity index (χ0v) is 10.2. The maximum atomic E-state index is 13.0. The Balaban J connectivity index is 2.68. The summed E-state index contributed by atoms with van der Waals surface area (Å²) in [5, 5.41) is 0. The van der Waals surface area contributed by atoms with Gasteiger partial charge >= 0.3 is 0 Å². The first-order chi connectivity index (χ1) is 7.17. The van der Waals surface area contributed by atoms with Crippen molar-refractivity contribution < 1.29 is 13.6 Å². The lowest BCUT2D eigenvalue weighted by molar-refractivity contribution is -0.122. The lowest BCUT2D eigenvalue weighted by atomic mass is 9.66. The molecule has 1 unspecified atom stereocenters. The van der Waals surface area contributed by atoms with Crippen molar-refractivity contribution in [2.24, 2.45) is 17.1 Å². The molecule has 0 aromatic carbocycles. The lowest BCUT2D eigenvalue weighted by Gasteiger charge is -2.41. The molecule has 0 aromatic heterocycles. The lowest BCUT2D eigenvalue weighted by Crippen LogP contribution is -2.48. The summed E-state index contributed by atoms with van der Waals surface area (Å²) in [5.74, 6) is -2.47. The third-order valence-electron chi connectivity index (χ3n) is 4.01. The SMILES string of the molecule is CC(=O)C(N)C(C)(C)C1CCC(F)(F)CC1. The van der Waals surface area contributed by atoms with E-state index in [0.717, 1.165) is 0 Å². The Morgan fingerprint density at radius 1 is 1.38 bits per heavy atom. The molecule has 1 saturated carbocycles.